The molecule has 82 valence electrons. The molecule has 0 radical (unpaired) electrons. The van der Waals surface area contributed by atoms with Gasteiger partial charge in [0.1, 0.15) is 22.9 Å². The first-order chi connectivity index (χ1) is 7.61. The topological polar surface area (TPSA) is 67.6 Å². The monoisotopic (exact) mass is 234 g/mol. The number of hydrogen-bond donors (Lipinski definition) is 0. The van der Waals surface area contributed by atoms with Crippen LogP contribution in [0.1, 0.15) is 17.0 Å². The summed E-state index contributed by atoms with van der Waals surface area (Å²) in [5.74, 6) is 0. The van der Waals surface area contributed by atoms with Crippen molar-refractivity contribution in [2.45, 2.75) is 24.1 Å². The molecule has 0 aliphatic carbocycles. The molecule has 16 heavy (non-hydrogen) atoms. The van der Waals surface area contributed by atoms with Crippen LogP contribution in [0.15, 0.2) is 20.9 Å². The first kappa shape index (κ1) is 10.8. The maximum absolute atomic E-state index is 9.03. The fourth-order valence-corrected chi connectivity index (χ4v) is 2.26. The molecule has 2 rings (SSSR count). The average Bonchev–Trinajstić information content (AvgIpc) is 2.73. The van der Waals surface area contributed by atoms with Gasteiger partial charge in [-0.1, -0.05) is 0 Å². The molecular formula is C10H10N4OS. The zero-order valence-corrected chi connectivity index (χ0v) is 10.00. The summed E-state index contributed by atoms with van der Waals surface area (Å²) in [7, 11) is 1.80. The second-order valence-electron chi connectivity index (χ2n) is 3.36. The van der Waals surface area contributed by atoms with E-state index in [0.29, 0.717) is 10.8 Å². The van der Waals surface area contributed by atoms with Gasteiger partial charge < -0.3 is 4.42 Å². The van der Waals surface area contributed by atoms with E-state index in [1.54, 1.807) is 18.0 Å². The van der Waals surface area contributed by atoms with Gasteiger partial charge in [0.2, 0.25) is 0 Å². The van der Waals surface area contributed by atoms with E-state index in [1.165, 1.54) is 11.8 Å². The van der Waals surface area contributed by atoms with Gasteiger partial charge in [0, 0.05) is 7.05 Å². The van der Waals surface area contributed by atoms with Crippen LogP contribution in [0.4, 0.5) is 0 Å². The molecule has 0 aromatic carbocycles. The van der Waals surface area contributed by atoms with Crippen molar-refractivity contribution < 1.29 is 4.42 Å². The third-order valence-electron chi connectivity index (χ3n) is 2.06. The molecule has 2 heterocycles. The third kappa shape index (κ3) is 1.82. The first-order valence-electron chi connectivity index (χ1n) is 4.65. The Bertz CT molecular complexity index is 564. The summed E-state index contributed by atoms with van der Waals surface area (Å²) in [5, 5.41) is 14.5. The summed E-state index contributed by atoms with van der Waals surface area (Å²) in [4.78, 5) is 4.18. The lowest BCUT2D eigenvalue weighted by atomic mass is 10.3. The highest BCUT2D eigenvalue weighted by molar-refractivity contribution is 7.99. The molecule has 0 fully saturated rings. The van der Waals surface area contributed by atoms with Crippen molar-refractivity contribution in [3.8, 4) is 6.07 Å². The van der Waals surface area contributed by atoms with E-state index in [1.807, 2.05) is 13.8 Å². The number of oxazole rings is 1. The predicted molar refractivity (Wildman–Crippen MR) is 58.0 cm³/mol. The Labute approximate surface area is 97.1 Å². The van der Waals surface area contributed by atoms with Gasteiger partial charge >= 0.3 is 0 Å². The van der Waals surface area contributed by atoms with Crippen LogP contribution in [0, 0.1) is 25.2 Å². The second kappa shape index (κ2) is 4.02. The van der Waals surface area contributed by atoms with Crippen molar-refractivity contribution in [1.29, 1.82) is 5.26 Å². The van der Waals surface area contributed by atoms with Gasteiger partial charge in [-0.3, -0.25) is 4.68 Å². The fourth-order valence-electron chi connectivity index (χ4n) is 1.34. The van der Waals surface area contributed by atoms with E-state index >= 15 is 0 Å². The summed E-state index contributed by atoms with van der Waals surface area (Å²) < 4.78 is 6.90. The number of nitriles is 1. The maximum atomic E-state index is 9.03. The molecule has 2 aromatic rings. The van der Waals surface area contributed by atoms with Gasteiger partial charge in [0.05, 0.1) is 11.4 Å². The number of hydrogen-bond acceptors (Lipinski definition) is 5. The highest BCUT2D eigenvalue weighted by Gasteiger charge is 2.16. The Morgan fingerprint density at radius 2 is 2.25 bits per heavy atom. The minimum atomic E-state index is 0.525. The normalized spacial score (nSPS) is 10.4. The molecule has 0 aliphatic rings. The molecule has 0 aliphatic heterocycles. The van der Waals surface area contributed by atoms with Gasteiger partial charge in [-0.2, -0.15) is 10.4 Å². The van der Waals surface area contributed by atoms with Crippen LogP contribution in [0.5, 0.6) is 0 Å². The first-order valence-corrected chi connectivity index (χ1v) is 5.47. The molecular weight excluding hydrogens is 224 g/mol. The van der Waals surface area contributed by atoms with Gasteiger partial charge in [-0.05, 0) is 25.6 Å². The summed E-state index contributed by atoms with van der Waals surface area (Å²) >= 11 is 1.31. The van der Waals surface area contributed by atoms with Crippen molar-refractivity contribution in [2.75, 3.05) is 0 Å². The lowest BCUT2D eigenvalue weighted by Crippen LogP contribution is -1.92. The van der Waals surface area contributed by atoms with Crippen molar-refractivity contribution in [1.82, 2.24) is 14.8 Å². The average molecular weight is 234 g/mol. The number of aromatic nitrogens is 3. The third-order valence-corrected chi connectivity index (χ3v) is 3.09. The molecule has 0 spiro atoms. The van der Waals surface area contributed by atoms with Gasteiger partial charge in [0.25, 0.3) is 5.22 Å². The summed E-state index contributed by atoms with van der Waals surface area (Å²) in [6, 6.07) is 2.14. The SMILES string of the molecule is Cc1coc(Sc2c(C#N)c(C)nn2C)n1. The van der Waals surface area contributed by atoms with Gasteiger partial charge in [-0.15, -0.1) is 0 Å². The van der Waals surface area contributed by atoms with E-state index in [-0.39, 0.29) is 0 Å². The van der Waals surface area contributed by atoms with Crippen LogP contribution in [0.25, 0.3) is 0 Å². The van der Waals surface area contributed by atoms with Crippen molar-refractivity contribution in [3.63, 3.8) is 0 Å². The fraction of sp³-hybridized carbons (Fsp3) is 0.300. The Morgan fingerprint density at radius 1 is 1.50 bits per heavy atom. The number of aryl methyl sites for hydroxylation is 3. The minimum Gasteiger partial charge on any atom is -0.439 e. The Hall–Kier alpha value is -1.74. The summed E-state index contributed by atoms with van der Waals surface area (Å²) in [6.45, 7) is 3.66. The van der Waals surface area contributed by atoms with Crippen LogP contribution >= 0.6 is 11.8 Å². The molecule has 0 amide bonds. The van der Waals surface area contributed by atoms with Gasteiger partial charge in [0.15, 0.2) is 0 Å². The summed E-state index contributed by atoms with van der Waals surface area (Å²) in [6.07, 6.45) is 1.58. The maximum Gasteiger partial charge on any atom is 0.262 e. The molecule has 0 unspecified atom stereocenters. The Balaban J connectivity index is 2.38. The number of nitrogens with zero attached hydrogens (tertiary/aromatic N) is 4. The van der Waals surface area contributed by atoms with Crippen molar-refractivity contribution >= 4 is 11.8 Å². The molecule has 2 aromatic heterocycles. The van der Waals surface area contributed by atoms with Gasteiger partial charge in [-0.25, -0.2) is 4.98 Å². The van der Waals surface area contributed by atoms with Crippen LogP contribution < -0.4 is 0 Å². The van der Waals surface area contributed by atoms with E-state index in [9.17, 15) is 0 Å². The molecule has 5 nitrogen and oxygen atoms in total. The largest absolute Gasteiger partial charge is 0.439 e. The highest BCUT2D eigenvalue weighted by atomic mass is 32.2. The van der Waals surface area contributed by atoms with Crippen LogP contribution in [-0.2, 0) is 7.05 Å². The van der Waals surface area contributed by atoms with E-state index in [0.717, 1.165) is 16.4 Å². The highest BCUT2D eigenvalue weighted by Crippen LogP contribution is 2.30. The minimum absolute atomic E-state index is 0.525. The zero-order chi connectivity index (χ0) is 11.7. The standard InChI is InChI=1S/C10H10N4OS/c1-6-5-15-10(12-6)16-9-8(4-11)7(2)13-14(9)3/h5H,1-3H3. The quantitative estimate of drug-likeness (QED) is 0.795. The molecule has 0 bridgehead atoms. The van der Waals surface area contributed by atoms with Crippen LogP contribution in [-0.4, -0.2) is 14.8 Å². The van der Waals surface area contributed by atoms with E-state index < -0.39 is 0 Å². The lowest BCUT2D eigenvalue weighted by Gasteiger charge is -1.97. The smallest absolute Gasteiger partial charge is 0.262 e. The van der Waals surface area contributed by atoms with Crippen LogP contribution in [0.2, 0.25) is 0 Å². The molecule has 0 atom stereocenters. The van der Waals surface area contributed by atoms with Crippen LogP contribution in [0.3, 0.4) is 0 Å². The lowest BCUT2D eigenvalue weighted by molar-refractivity contribution is 0.453. The molecule has 0 saturated heterocycles. The second-order valence-corrected chi connectivity index (χ2v) is 4.30. The van der Waals surface area contributed by atoms with E-state index in [4.69, 9.17) is 9.68 Å². The molecule has 0 N–H and O–H groups in total. The molecule has 6 heteroatoms. The Kier molecular flexibility index (Phi) is 2.71. The van der Waals surface area contributed by atoms with Crippen molar-refractivity contribution in [3.05, 3.63) is 23.2 Å². The van der Waals surface area contributed by atoms with Crippen molar-refractivity contribution in [2.24, 2.45) is 7.05 Å². The molecule has 0 saturated carbocycles. The number of rotatable bonds is 2. The predicted octanol–water partition coefficient (Wildman–Crippen LogP) is 2.05. The zero-order valence-electron chi connectivity index (χ0n) is 9.18. The van der Waals surface area contributed by atoms with E-state index in [2.05, 4.69) is 16.2 Å². The Morgan fingerprint density at radius 3 is 2.81 bits per heavy atom. The summed E-state index contributed by atoms with van der Waals surface area (Å²) in [5.41, 5.74) is 2.11.